The molecule has 1 aromatic heterocycles. The lowest BCUT2D eigenvalue weighted by Crippen LogP contribution is -2.37. The van der Waals surface area contributed by atoms with Gasteiger partial charge in [-0.3, -0.25) is 0 Å². The largest absolute Gasteiger partial charge is 0.359 e. The van der Waals surface area contributed by atoms with E-state index in [1.165, 1.54) is 28.2 Å². The molecule has 0 N–H and O–H groups in total. The van der Waals surface area contributed by atoms with Gasteiger partial charge in [-0.25, -0.2) is 0 Å². The normalized spacial score (nSPS) is 17.5. The Morgan fingerprint density at radius 2 is 1.76 bits per heavy atom. The number of aromatic nitrogens is 1. The van der Waals surface area contributed by atoms with E-state index < -0.39 is 0 Å². The fraction of sp³-hybridized carbons (Fsp3) is 0.409. The molecular weight excluding hydrogens is 306 g/mol. The SMILES string of the molecule is Cc1c(N2C=CN(C)[C@H]2C)cc(C(C)(C)C)cc1-[n+]1ccccc1C. The quantitative estimate of drug-likeness (QED) is 0.750. The number of anilines is 1. The maximum absolute atomic E-state index is 2.37. The highest BCUT2D eigenvalue weighted by Crippen LogP contribution is 2.34. The van der Waals surface area contributed by atoms with Crippen LogP contribution in [0, 0.1) is 13.8 Å². The van der Waals surface area contributed by atoms with Crippen molar-refractivity contribution in [3.8, 4) is 5.69 Å². The zero-order valence-corrected chi connectivity index (χ0v) is 16.5. The van der Waals surface area contributed by atoms with Crippen molar-refractivity contribution >= 4 is 5.69 Å². The summed E-state index contributed by atoms with van der Waals surface area (Å²) in [5.41, 5.74) is 6.54. The van der Waals surface area contributed by atoms with Gasteiger partial charge >= 0.3 is 0 Å². The first-order valence-electron chi connectivity index (χ1n) is 9.01. The average molecular weight is 337 g/mol. The van der Waals surface area contributed by atoms with E-state index in [0.717, 1.165) is 0 Å². The second-order valence-electron chi connectivity index (χ2n) is 8.10. The number of nitrogens with zero attached hydrogens (tertiary/aromatic N) is 3. The summed E-state index contributed by atoms with van der Waals surface area (Å²) in [4.78, 5) is 4.61. The van der Waals surface area contributed by atoms with Crippen molar-refractivity contribution in [1.29, 1.82) is 0 Å². The predicted octanol–water partition coefficient (Wildman–Crippen LogP) is 4.45. The molecule has 0 amide bonds. The van der Waals surface area contributed by atoms with Crippen molar-refractivity contribution in [2.24, 2.45) is 0 Å². The van der Waals surface area contributed by atoms with Crippen molar-refractivity contribution < 1.29 is 4.57 Å². The van der Waals surface area contributed by atoms with Gasteiger partial charge in [0.05, 0.1) is 5.69 Å². The highest BCUT2D eigenvalue weighted by Gasteiger charge is 2.28. The Balaban J connectivity index is 2.24. The summed E-state index contributed by atoms with van der Waals surface area (Å²) in [7, 11) is 2.13. The molecular formula is C22H30N3+. The Labute approximate surface area is 152 Å². The van der Waals surface area contributed by atoms with Crippen molar-refractivity contribution in [3.63, 3.8) is 0 Å². The molecule has 1 aromatic carbocycles. The molecule has 0 aliphatic carbocycles. The van der Waals surface area contributed by atoms with Crippen LogP contribution >= 0.6 is 0 Å². The van der Waals surface area contributed by atoms with Crippen LogP contribution < -0.4 is 9.47 Å². The summed E-state index contributed by atoms with van der Waals surface area (Å²) in [5, 5.41) is 0. The van der Waals surface area contributed by atoms with E-state index in [0.29, 0.717) is 6.17 Å². The molecule has 1 atom stereocenters. The Kier molecular flexibility index (Phi) is 4.36. The third-order valence-electron chi connectivity index (χ3n) is 5.27. The van der Waals surface area contributed by atoms with Crippen LogP contribution in [0.2, 0.25) is 0 Å². The van der Waals surface area contributed by atoms with E-state index in [9.17, 15) is 0 Å². The molecule has 3 heteroatoms. The zero-order chi connectivity index (χ0) is 18.4. The molecule has 132 valence electrons. The Bertz CT molecular complexity index is 815. The van der Waals surface area contributed by atoms with Gasteiger partial charge in [-0.1, -0.05) is 26.8 Å². The van der Waals surface area contributed by atoms with Crippen LogP contribution in [0.3, 0.4) is 0 Å². The maximum atomic E-state index is 2.37. The van der Waals surface area contributed by atoms with E-state index in [1.54, 1.807) is 0 Å². The van der Waals surface area contributed by atoms with Crippen molar-refractivity contribution in [2.45, 2.75) is 53.1 Å². The third-order valence-corrected chi connectivity index (χ3v) is 5.27. The van der Waals surface area contributed by atoms with Gasteiger partial charge in [-0.2, -0.15) is 4.57 Å². The summed E-state index contributed by atoms with van der Waals surface area (Å²) in [6.07, 6.45) is 6.81. The second-order valence-corrected chi connectivity index (χ2v) is 8.10. The number of pyridine rings is 1. The molecule has 0 fully saturated rings. The van der Waals surface area contributed by atoms with Crippen molar-refractivity contribution in [1.82, 2.24) is 4.90 Å². The Morgan fingerprint density at radius 3 is 2.32 bits per heavy atom. The van der Waals surface area contributed by atoms with E-state index >= 15 is 0 Å². The zero-order valence-electron chi connectivity index (χ0n) is 16.5. The maximum Gasteiger partial charge on any atom is 0.216 e. The molecule has 25 heavy (non-hydrogen) atoms. The lowest BCUT2D eigenvalue weighted by Gasteiger charge is -2.30. The van der Waals surface area contributed by atoms with Crippen LogP contribution in [0.4, 0.5) is 5.69 Å². The van der Waals surface area contributed by atoms with Crippen LogP contribution in [0.1, 0.15) is 44.5 Å². The van der Waals surface area contributed by atoms with Crippen molar-refractivity contribution in [2.75, 3.05) is 11.9 Å². The summed E-state index contributed by atoms with van der Waals surface area (Å²) < 4.78 is 2.29. The van der Waals surface area contributed by atoms with Gasteiger partial charge < -0.3 is 9.80 Å². The summed E-state index contributed by atoms with van der Waals surface area (Å²) >= 11 is 0. The molecule has 1 aliphatic rings. The molecule has 0 unspecified atom stereocenters. The highest BCUT2D eigenvalue weighted by molar-refractivity contribution is 5.64. The first-order valence-corrected chi connectivity index (χ1v) is 9.01. The van der Waals surface area contributed by atoms with Crippen LogP contribution in [-0.2, 0) is 5.41 Å². The minimum absolute atomic E-state index is 0.0963. The average Bonchev–Trinajstić information content (AvgIpc) is 2.87. The van der Waals surface area contributed by atoms with Gasteiger partial charge in [0.25, 0.3) is 0 Å². The van der Waals surface area contributed by atoms with Gasteiger partial charge in [-0.05, 0) is 30.9 Å². The fourth-order valence-electron chi connectivity index (χ4n) is 3.34. The molecule has 0 saturated heterocycles. The smallest absolute Gasteiger partial charge is 0.216 e. The van der Waals surface area contributed by atoms with E-state index in [2.05, 4.69) is 112 Å². The van der Waals surface area contributed by atoms with Gasteiger partial charge in [0.15, 0.2) is 11.9 Å². The lowest BCUT2D eigenvalue weighted by molar-refractivity contribution is -0.603. The summed E-state index contributed by atoms with van der Waals surface area (Å²) in [6, 6.07) is 11.1. The summed E-state index contributed by atoms with van der Waals surface area (Å²) in [5.74, 6) is 0. The number of hydrogen-bond donors (Lipinski definition) is 0. The molecule has 0 bridgehead atoms. The third kappa shape index (κ3) is 3.15. The topological polar surface area (TPSA) is 10.4 Å². The first-order chi connectivity index (χ1) is 11.7. The predicted molar refractivity (Wildman–Crippen MR) is 105 cm³/mol. The van der Waals surface area contributed by atoms with E-state index in [1.807, 2.05) is 0 Å². The number of benzene rings is 1. The molecule has 2 heterocycles. The monoisotopic (exact) mass is 336 g/mol. The summed E-state index contributed by atoms with van der Waals surface area (Å²) in [6.45, 7) is 13.5. The minimum atomic E-state index is 0.0963. The van der Waals surface area contributed by atoms with Gasteiger partial charge in [0.1, 0.15) is 6.17 Å². The molecule has 3 rings (SSSR count). The Morgan fingerprint density at radius 1 is 1.04 bits per heavy atom. The molecule has 0 saturated carbocycles. The van der Waals surface area contributed by atoms with E-state index in [4.69, 9.17) is 0 Å². The standard InChI is InChI=1S/C22H30N3/c1-16-10-8-9-11-24(16)20-14-19(22(4,5)6)15-21(17(20)2)25-13-12-23(7)18(25)3/h8-15,18H,1-7H3/q+1/t18-/m1/s1. The second kappa shape index (κ2) is 6.21. The molecule has 1 aliphatic heterocycles. The lowest BCUT2D eigenvalue weighted by atomic mass is 9.85. The van der Waals surface area contributed by atoms with Crippen LogP contribution in [-0.4, -0.2) is 18.1 Å². The molecule has 3 nitrogen and oxygen atoms in total. The molecule has 0 spiro atoms. The van der Waals surface area contributed by atoms with Gasteiger partial charge in [-0.15, -0.1) is 0 Å². The number of rotatable bonds is 2. The van der Waals surface area contributed by atoms with Crippen LogP contribution in [0.25, 0.3) is 5.69 Å². The van der Waals surface area contributed by atoms with Crippen LogP contribution in [0.15, 0.2) is 48.9 Å². The first kappa shape index (κ1) is 17.5. The molecule has 2 aromatic rings. The van der Waals surface area contributed by atoms with Gasteiger partial charge in [0.2, 0.25) is 5.69 Å². The van der Waals surface area contributed by atoms with E-state index in [-0.39, 0.29) is 5.41 Å². The van der Waals surface area contributed by atoms with Gasteiger partial charge in [0, 0.05) is 50.1 Å². The minimum Gasteiger partial charge on any atom is -0.359 e. The Hall–Kier alpha value is -2.29. The van der Waals surface area contributed by atoms with Crippen LogP contribution in [0.5, 0.6) is 0 Å². The van der Waals surface area contributed by atoms with Crippen molar-refractivity contribution in [3.05, 3.63) is 65.7 Å². The number of hydrogen-bond acceptors (Lipinski definition) is 2. The highest BCUT2D eigenvalue weighted by atomic mass is 15.4. The number of aryl methyl sites for hydroxylation is 1. The molecule has 0 radical (unpaired) electrons. The fourth-order valence-corrected chi connectivity index (χ4v) is 3.34.